The van der Waals surface area contributed by atoms with Crippen molar-refractivity contribution in [3.8, 4) is 28.5 Å². The summed E-state index contributed by atoms with van der Waals surface area (Å²) in [5.74, 6) is 1.36. The molecule has 2 aromatic heterocycles. The van der Waals surface area contributed by atoms with Gasteiger partial charge in [0.2, 0.25) is 0 Å². The van der Waals surface area contributed by atoms with Gasteiger partial charge in [-0.15, -0.1) is 0 Å². The smallest absolute Gasteiger partial charge is 0.263 e. The molecule has 0 unspecified atom stereocenters. The van der Waals surface area contributed by atoms with E-state index in [2.05, 4.69) is 5.32 Å². The third-order valence-corrected chi connectivity index (χ3v) is 5.13. The summed E-state index contributed by atoms with van der Waals surface area (Å²) in [4.78, 5) is 17.7. The largest absolute Gasteiger partial charge is 0.497 e. The first-order valence-corrected chi connectivity index (χ1v) is 9.71. The summed E-state index contributed by atoms with van der Waals surface area (Å²) in [5, 5.41) is 2.93. The number of hydrogen-bond donors (Lipinski definition) is 1. The third-order valence-electron chi connectivity index (χ3n) is 5.13. The lowest BCUT2D eigenvalue weighted by molar-refractivity contribution is 0.102. The van der Waals surface area contributed by atoms with Gasteiger partial charge in [-0.3, -0.25) is 4.79 Å². The van der Waals surface area contributed by atoms with Crippen molar-refractivity contribution < 1.29 is 19.0 Å². The van der Waals surface area contributed by atoms with E-state index >= 15 is 0 Å². The number of anilines is 1. The van der Waals surface area contributed by atoms with Crippen molar-refractivity contribution in [1.82, 2.24) is 9.38 Å². The number of hydrogen-bond acceptors (Lipinski definition) is 5. The van der Waals surface area contributed by atoms with Crippen LogP contribution in [0.25, 0.3) is 16.9 Å². The Bertz CT molecular complexity index is 1220. The van der Waals surface area contributed by atoms with E-state index in [4.69, 9.17) is 19.2 Å². The van der Waals surface area contributed by atoms with Gasteiger partial charge in [-0.1, -0.05) is 6.07 Å². The number of fused-ring (bicyclic) bond motifs is 1. The minimum Gasteiger partial charge on any atom is -0.497 e. The summed E-state index contributed by atoms with van der Waals surface area (Å²) in [5.41, 5.74) is 4.59. The molecule has 0 aliphatic heterocycles. The predicted molar refractivity (Wildman–Crippen MR) is 119 cm³/mol. The highest BCUT2D eigenvalue weighted by Gasteiger charge is 2.19. The van der Waals surface area contributed by atoms with E-state index < -0.39 is 0 Å². The van der Waals surface area contributed by atoms with Gasteiger partial charge in [0.25, 0.3) is 5.91 Å². The molecule has 4 aromatic rings. The Balaban J connectivity index is 1.67. The number of nitrogens with zero attached hydrogens (tertiary/aromatic N) is 2. The van der Waals surface area contributed by atoms with Crippen LogP contribution in [0.4, 0.5) is 5.69 Å². The molecule has 2 aromatic carbocycles. The molecule has 4 rings (SSSR count). The molecule has 0 aliphatic carbocycles. The molecule has 7 heteroatoms. The number of nitrogens with one attached hydrogen (secondary N) is 1. The van der Waals surface area contributed by atoms with Crippen molar-refractivity contribution in [2.24, 2.45) is 0 Å². The first kappa shape index (κ1) is 20.3. The molecule has 2 heterocycles. The van der Waals surface area contributed by atoms with Crippen LogP contribution < -0.4 is 19.5 Å². The number of carbonyl (C=O) groups excluding carboxylic acids is 1. The molecule has 0 bridgehead atoms. The normalized spacial score (nSPS) is 10.7. The van der Waals surface area contributed by atoms with Crippen LogP contribution in [0, 0.1) is 6.92 Å². The molecule has 0 saturated carbocycles. The topological polar surface area (TPSA) is 74.1 Å². The Morgan fingerprint density at radius 1 is 0.903 bits per heavy atom. The Hall–Kier alpha value is -4.00. The highest BCUT2D eigenvalue weighted by atomic mass is 16.5. The van der Waals surface area contributed by atoms with Crippen LogP contribution in [0.1, 0.15) is 16.1 Å². The Kier molecular flexibility index (Phi) is 5.49. The molecular formula is C24H23N3O4. The van der Waals surface area contributed by atoms with Gasteiger partial charge in [-0.25, -0.2) is 4.98 Å². The fraction of sp³-hybridized carbons (Fsp3) is 0.167. The third kappa shape index (κ3) is 3.77. The second-order valence-electron chi connectivity index (χ2n) is 6.91. The number of aryl methyl sites for hydroxylation is 1. The molecule has 1 amide bonds. The van der Waals surface area contributed by atoms with Crippen LogP contribution in [-0.4, -0.2) is 36.6 Å². The standard InChI is InChI=1S/C24H23N3O4/c1-15-23(16-8-11-18(29-2)12-9-16)26-21-13-10-17(14-27(15)21)25-24(28)22-19(30-3)6-5-7-20(22)31-4/h5-14H,1-4H3,(H,25,28). The first-order chi connectivity index (χ1) is 15.0. The minimum atomic E-state index is -0.318. The maximum Gasteiger partial charge on any atom is 0.263 e. The van der Waals surface area contributed by atoms with Crippen molar-refractivity contribution >= 4 is 17.2 Å². The fourth-order valence-electron chi connectivity index (χ4n) is 3.53. The van der Waals surface area contributed by atoms with E-state index in [1.165, 1.54) is 14.2 Å². The summed E-state index contributed by atoms with van der Waals surface area (Å²) in [6, 6.07) is 16.7. The number of methoxy groups -OCH3 is 3. The van der Waals surface area contributed by atoms with Gasteiger partial charge in [0.1, 0.15) is 28.5 Å². The molecule has 1 N–H and O–H groups in total. The number of ether oxygens (including phenoxy) is 3. The van der Waals surface area contributed by atoms with Gasteiger partial charge < -0.3 is 23.9 Å². The molecule has 7 nitrogen and oxygen atoms in total. The summed E-state index contributed by atoms with van der Waals surface area (Å²) in [7, 11) is 4.68. The lowest BCUT2D eigenvalue weighted by Crippen LogP contribution is -2.15. The van der Waals surface area contributed by atoms with Crippen LogP contribution >= 0.6 is 0 Å². The average Bonchev–Trinajstić information content (AvgIpc) is 3.14. The van der Waals surface area contributed by atoms with Crippen LogP contribution in [0.2, 0.25) is 0 Å². The van der Waals surface area contributed by atoms with Crippen molar-refractivity contribution in [3.05, 3.63) is 72.1 Å². The molecule has 31 heavy (non-hydrogen) atoms. The molecular weight excluding hydrogens is 394 g/mol. The molecule has 0 spiro atoms. The van der Waals surface area contributed by atoms with Gasteiger partial charge in [-0.05, 0) is 55.5 Å². The minimum absolute atomic E-state index is 0.318. The summed E-state index contributed by atoms with van der Waals surface area (Å²) >= 11 is 0. The molecule has 0 radical (unpaired) electrons. The Morgan fingerprint density at radius 3 is 2.19 bits per heavy atom. The van der Waals surface area contributed by atoms with Crippen LogP contribution in [0.15, 0.2) is 60.8 Å². The van der Waals surface area contributed by atoms with Gasteiger partial charge in [0, 0.05) is 17.5 Å². The SMILES string of the molecule is COc1ccc(-c2nc3ccc(NC(=O)c4c(OC)cccc4OC)cn3c2C)cc1. The zero-order valence-corrected chi connectivity index (χ0v) is 17.8. The Morgan fingerprint density at radius 2 is 1.58 bits per heavy atom. The van der Waals surface area contributed by atoms with E-state index in [0.29, 0.717) is 22.7 Å². The van der Waals surface area contributed by atoms with Crippen LogP contribution in [-0.2, 0) is 0 Å². The monoisotopic (exact) mass is 417 g/mol. The number of pyridine rings is 1. The number of amides is 1. The van der Waals surface area contributed by atoms with E-state index in [1.807, 2.05) is 53.9 Å². The summed E-state index contributed by atoms with van der Waals surface area (Å²) < 4.78 is 17.9. The molecule has 0 saturated heterocycles. The lowest BCUT2D eigenvalue weighted by Gasteiger charge is -2.13. The number of carbonyl (C=O) groups is 1. The molecule has 0 aliphatic rings. The van der Waals surface area contributed by atoms with Crippen LogP contribution in [0.5, 0.6) is 17.2 Å². The maximum absolute atomic E-state index is 13.0. The van der Waals surface area contributed by atoms with Crippen LogP contribution in [0.3, 0.4) is 0 Å². The zero-order chi connectivity index (χ0) is 22.0. The van der Waals surface area contributed by atoms with Gasteiger partial charge >= 0.3 is 0 Å². The average molecular weight is 417 g/mol. The van der Waals surface area contributed by atoms with E-state index in [-0.39, 0.29) is 5.91 Å². The van der Waals surface area contributed by atoms with E-state index in [0.717, 1.165) is 28.3 Å². The number of rotatable bonds is 6. The summed E-state index contributed by atoms with van der Waals surface area (Å²) in [6.45, 7) is 1.99. The molecule has 158 valence electrons. The quantitative estimate of drug-likeness (QED) is 0.497. The number of aromatic nitrogens is 2. The van der Waals surface area contributed by atoms with Crippen molar-refractivity contribution in [3.63, 3.8) is 0 Å². The van der Waals surface area contributed by atoms with Crippen molar-refractivity contribution in [2.45, 2.75) is 6.92 Å². The zero-order valence-electron chi connectivity index (χ0n) is 17.8. The predicted octanol–water partition coefficient (Wildman–Crippen LogP) is 4.59. The fourth-order valence-corrected chi connectivity index (χ4v) is 3.53. The molecule has 0 fully saturated rings. The molecule has 0 atom stereocenters. The maximum atomic E-state index is 13.0. The van der Waals surface area contributed by atoms with Crippen molar-refractivity contribution in [2.75, 3.05) is 26.6 Å². The van der Waals surface area contributed by atoms with E-state index in [1.54, 1.807) is 25.3 Å². The second kappa shape index (κ2) is 8.39. The highest BCUT2D eigenvalue weighted by molar-refractivity contribution is 6.08. The number of benzene rings is 2. The highest BCUT2D eigenvalue weighted by Crippen LogP contribution is 2.30. The van der Waals surface area contributed by atoms with Gasteiger partial charge in [0.15, 0.2) is 0 Å². The first-order valence-electron chi connectivity index (χ1n) is 9.71. The second-order valence-corrected chi connectivity index (χ2v) is 6.91. The van der Waals surface area contributed by atoms with Gasteiger partial charge in [-0.2, -0.15) is 0 Å². The summed E-state index contributed by atoms with van der Waals surface area (Å²) in [6.07, 6.45) is 1.85. The van der Waals surface area contributed by atoms with Gasteiger partial charge in [0.05, 0.1) is 32.7 Å². The lowest BCUT2D eigenvalue weighted by atomic mass is 10.1. The van der Waals surface area contributed by atoms with Crippen molar-refractivity contribution in [1.29, 1.82) is 0 Å². The van der Waals surface area contributed by atoms with E-state index in [9.17, 15) is 4.79 Å². The Labute approximate surface area is 180 Å². The number of imidazole rings is 1.